The van der Waals surface area contributed by atoms with E-state index in [1.54, 1.807) is 7.11 Å². The second kappa shape index (κ2) is 6.35. The van der Waals surface area contributed by atoms with Crippen molar-refractivity contribution in [3.8, 4) is 0 Å². The molecule has 1 rings (SSSR count). The molecule has 0 aromatic rings. The Morgan fingerprint density at radius 3 is 3.00 bits per heavy atom. The molecule has 3 N–H and O–H groups in total. The lowest BCUT2D eigenvalue weighted by atomic mass is 9.86. The largest absolute Gasteiger partial charge is 0.383 e. The van der Waals surface area contributed by atoms with Gasteiger partial charge < -0.3 is 15.8 Å². The minimum Gasteiger partial charge on any atom is -0.383 e. The molecule has 2 unspecified atom stereocenters. The molecule has 1 saturated carbocycles. The van der Waals surface area contributed by atoms with Gasteiger partial charge in [-0.05, 0) is 31.7 Å². The van der Waals surface area contributed by atoms with Gasteiger partial charge in [0.05, 0.1) is 6.61 Å². The predicted molar refractivity (Wildman–Crippen MR) is 54.7 cm³/mol. The van der Waals surface area contributed by atoms with Gasteiger partial charge in [-0.15, -0.1) is 0 Å². The number of ether oxygens (including phenoxy) is 1. The molecule has 13 heavy (non-hydrogen) atoms. The van der Waals surface area contributed by atoms with Crippen LogP contribution >= 0.6 is 0 Å². The molecule has 0 amide bonds. The van der Waals surface area contributed by atoms with E-state index in [2.05, 4.69) is 5.32 Å². The summed E-state index contributed by atoms with van der Waals surface area (Å²) in [6, 6.07) is 0.447. The highest BCUT2D eigenvalue weighted by molar-refractivity contribution is 4.76. The fourth-order valence-corrected chi connectivity index (χ4v) is 2.00. The van der Waals surface area contributed by atoms with Crippen LogP contribution in [-0.2, 0) is 4.74 Å². The number of methoxy groups -OCH3 is 1. The average Bonchev–Trinajstić information content (AvgIpc) is 2.13. The van der Waals surface area contributed by atoms with Crippen molar-refractivity contribution in [2.45, 2.75) is 31.7 Å². The summed E-state index contributed by atoms with van der Waals surface area (Å²) in [7, 11) is 1.73. The van der Waals surface area contributed by atoms with E-state index in [0.717, 1.165) is 25.6 Å². The van der Waals surface area contributed by atoms with Crippen LogP contribution in [0.5, 0.6) is 0 Å². The molecule has 0 aliphatic heterocycles. The first kappa shape index (κ1) is 11.0. The van der Waals surface area contributed by atoms with Crippen LogP contribution in [0.25, 0.3) is 0 Å². The van der Waals surface area contributed by atoms with Gasteiger partial charge in [-0.1, -0.05) is 6.42 Å². The summed E-state index contributed by atoms with van der Waals surface area (Å²) >= 11 is 0. The molecule has 0 bridgehead atoms. The monoisotopic (exact) mass is 186 g/mol. The van der Waals surface area contributed by atoms with E-state index in [4.69, 9.17) is 10.5 Å². The van der Waals surface area contributed by atoms with Gasteiger partial charge in [-0.2, -0.15) is 0 Å². The third-order valence-corrected chi connectivity index (χ3v) is 2.74. The molecule has 0 aromatic heterocycles. The highest BCUT2D eigenvalue weighted by Crippen LogP contribution is 2.22. The second-order valence-electron chi connectivity index (χ2n) is 3.99. The highest BCUT2D eigenvalue weighted by atomic mass is 16.5. The standard InChI is InChI=1S/C10H22N2O/c1-13-6-5-12-8-9-3-2-4-10(11)7-9/h9-10,12H,2-8,11H2,1H3. The van der Waals surface area contributed by atoms with Crippen molar-refractivity contribution in [2.24, 2.45) is 11.7 Å². The molecule has 0 heterocycles. The van der Waals surface area contributed by atoms with Crippen LogP contribution in [0.15, 0.2) is 0 Å². The Morgan fingerprint density at radius 2 is 2.31 bits per heavy atom. The lowest BCUT2D eigenvalue weighted by molar-refractivity contribution is 0.195. The number of hydrogen-bond acceptors (Lipinski definition) is 3. The SMILES string of the molecule is COCCNCC1CCCC(N)C1. The van der Waals surface area contributed by atoms with Crippen LogP contribution in [0.4, 0.5) is 0 Å². The van der Waals surface area contributed by atoms with Crippen molar-refractivity contribution in [1.82, 2.24) is 5.32 Å². The zero-order chi connectivity index (χ0) is 9.52. The van der Waals surface area contributed by atoms with E-state index in [-0.39, 0.29) is 0 Å². The Hall–Kier alpha value is -0.120. The van der Waals surface area contributed by atoms with Crippen LogP contribution in [-0.4, -0.2) is 32.8 Å². The van der Waals surface area contributed by atoms with Crippen molar-refractivity contribution in [2.75, 3.05) is 26.8 Å². The smallest absolute Gasteiger partial charge is 0.0587 e. The third-order valence-electron chi connectivity index (χ3n) is 2.74. The summed E-state index contributed by atoms with van der Waals surface area (Å²) < 4.78 is 4.97. The second-order valence-corrected chi connectivity index (χ2v) is 3.99. The molecule has 0 spiro atoms. The van der Waals surface area contributed by atoms with Crippen molar-refractivity contribution in [1.29, 1.82) is 0 Å². The summed E-state index contributed by atoms with van der Waals surface area (Å²) in [6.07, 6.45) is 5.06. The van der Waals surface area contributed by atoms with Gasteiger partial charge in [0.15, 0.2) is 0 Å². The van der Waals surface area contributed by atoms with Gasteiger partial charge in [0.2, 0.25) is 0 Å². The Bertz CT molecular complexity index is 130. The fourth-order valence-electron chi connectivity index (χ4n) is 2.00. The van der Waals surface area contributed by atoms with Gasteiger partial charge in [-0.25, -0.2) is 0 Å². The summed E-state index contributed by atoms with van der Waals surface area (Å²) in [5.74, 6) is 0.792. The maximum atomic E-state index is 5.90. The summed E-state index contributed by atoms with van der Waals surface area (Å²) in [5, 5.41) is 3.40. The van der Waals surface area contributed by atoms with E-state index in [9.17, 15) is 0 Å². The number of nitrogens with one attached hydrogen (secondary N) is 1. The summed E-state index contributed by atoms with van der Waals surface area (Å²) in [6.45, 7) is 2.87. The van der Waals surface area contributed by atoms with Crippen LogP contribution in [0, 0.1) is 5.92 Å². The molecule has 0 aromatic carbocycles. The average molecular weight is 186 g/mol. The Labute approximate surface area is 81.0 Å². The first-order valence-corrected chi connectivity index (χ1v) is 5.28. The van der Waals surface area contributed by atoms with Crippen molar-refractivity contribution in [3.05, 3.63) is 0 Å². The van der Waals surface area contributed by atoms with Crippen molar-refractivity contribution in [3.63, 3.8) is 0 Å². The molecule has 3 nitrogen and oxygen atoms in total. The molecule has 78 valence electrons. The zero-order valence-corrected chi connectivity index (χ0v) is 8.59. The zero-order valence-electron chi connectivity index (χ0n) is 8.59. The topological polar surface area (TPSA) is 47.3 Å². The predicted octanol–water partition coefficient (Wildman–Crippen LogP) is 0.740. The molecule has 1 aliphatic carbocycles. The van der Waals surface area contributed by atoms with E-state index in [0.29, 0.717) is 6.04 Å². The fraction of sp³-hybridized carbons (Fsp3) is 1.00. The van der Waals surface area contributed by atoms with E-state index in [1.165, 1.54) is 25.7 Å². The minimum absolute atomic E-state index is 0.447. The quantitative estimate of drug-likeness (QED) is 0.623. The van der Waals surface area contributed by atoms with E-state index >= 15 is 0 Å². The first-order valence-electron chi connectivity index (χ1n) is 5.28. The van der Waals surface area contributed by atoms with E-state index in [1.807, 2.05) is 0 Å². The lowest BCUT2D eigenvalue weighted by Gasteiger charge is -2.26. The minimum atomic E-state index is 0.447. The lowest BCUT2D eigenvalue weighted by Crippen LogP contribution is -2.34. The van der Waals surface area contributed by atoms with Crippen LogP contribution < -0.4 is 11.1 Å². The normalized spacial score (nSPS) is 29.1. The molecule has 2 atom stereocenters. The molecule has 0 saturated heterocycles. The maximum absolute atomic E-state index is 5.90. The Morgan fingerprint density at radius 1 is 1.46 bits per heavy atom. The molecule has 3 heteroatoms. The van der Waals surface area contributed by atoms with Gasteiger partial charge >= 0.3 is 0 Å². The molecular formula is C10H22N2O. The van der Waals surface area contributed by atoms with Crippen molar-refractivity contribution >= 4 is 0 Å². The van der Waals surface area contributed by atoms with Crippen molar-refractivity contribution < 1.29 is 4.74 Å². The molecule has 1 aliphatic rings. The third kappa shape index (κ3) is 4.60. The molecule has 0 radical (unpaired) electrons. The molecular weight excluding hydrogens is 164 g/mol. The van der Waals surface area contributed by atoms with Gasteiger partial charge in [0, 0.05) is 19.7 Å². The molecule has 1 fully saturated rings. The van der Waals surface area contributed by atoms with Gasteiger partial charge in [0.25, 0.3) is 0 Å². The maximum Gasteiger partial charge on any atom is 0.0587 e. The number of nitrogens with two attached hydrogens (primary N) is 1. The van der Waals surface area contributed by atoms with Crippen LogP contribution in [0.2, 0.25) is 0 Å². The van der Waals surface area contributed by atoms with Gasteiger partial charge in [-0.3, -0.25) is 0 Å². The van der Waals surface area contributed by atoms with Crippen LogP contribution in [0.3, 0.4) is 0 Å². The number of rotatable bonds is 5. The summed E-state index contributed by atoms with van der Waals surface area (Å²) in [5.41, 5.74) is 5.90. The van der Waals surface area contributed by atoms with Gasteiger partial charge in [0.1, 0.15) is 0 Å². The number of hydrogen-bond donors (Lipinski definition) is 2. The van der Waals surface area contributed by atoms with Crippen LogP contribution in [0.1, 0.15) is 25.7 Å². The summed E-state index contributed by atoms with van der Waals surface area (Å²) in [4.78, 5) is 0. The first-order chi connectivity index (χ1) is 6.33. The Balaban J connectivity index is 2.00. The Kier molecular flexibility index (Phi) is 5.35. The van der Waals surface area contributed by atoms with E-state index < -0.39 is 0 Å². The highest BCUT2D eigenvalue weighted by Gasteiger charge is 2.18.